The zero-order valence-corrected chi connectivity index (χ0v) is 12.3. The summed E-state index contributed by atoms with van der Waals surface area (Å²) in [6.45, 7) is 0.890. The van der Waals surface area contributed by atoms with Crippen molar-refractivity contribution in [3.05, 3.63) is 30.1 Å². The zero-order valence-electron chi connectivity index (χ0n) is 11.4. The Bertz CT molecular complexity index is 559. The van der Waals surface area contributed by atoms with Gasteiger partial charge < -0.3 is 5.32 Å². The van der Waals surface area contributed by atoms with E-state index in [4.69, 9.17) is 0 Å². The predicted octanol–water partition coefficient (Wildman–Crippen LogP) is 0.164. The van der Waals surface area contributed by atoms with Crippen molar-refractivity contribution in [2.45, 2.75) is 25.3 Å². The molecule has 0 spiro atoms. The Morgan fingerprint density at radius 2 is 2.30 bits per heavy atom. The summed E-state index contributed by atoms with van der Waals surface area (Å²) in [7, 11) is -3.31. The molecule has 2 rings (SSSR count). The molecule has 1 unspecified atom stereocenters. The lowest BCUT2D eigenvalue weighted by molar-refractivity contribution is -0.124. The number of amides is 1. The number of nitrogens with one attached hydrogen (secondary N) is 1. The monoisotopic (exact) mass is 297 g/mol. The Labute approximate surface area is 119 Å². The van der Waals surface area contributed by atoms with E-state index in [-0.39, 0.29) is 5.91 Å². The molecule has 2 heterocycles. The molecule has 0 radical (unpaired) electrons. The highest BCUT2D eigenvalue weighted by Crippen LogP contribution is 2.20. The van der Waals surface area contributed by atoms with Crippen LogP contribution in [0.2, 0.25) is 0 Å². The van der Waals surface area contributed by atoms with Gasteiger partial charge in [0.05, 0.1) is 6.26 Å². The number of pyridine rings is 1. The van der Waals surface area contributed by atoms with E-state index in [9.17, 15) is 13.2 Å². The van der Waals surface area contributed by atoms with Gasteiger partial charge in [0, 0.05) is 31.4 Å². The number of rotatable bonds is 5. The second kappa shape index (κ2) is 6.32. The van der Waals surface area contributed by atoms with E-state index in [2.05, 4.69) is 10.3 Å². The Morgan fingerprint density at radius 3 is 2.95 bits per heavy atom. The van der Waals surface area contributed by atoms with Gasteiger partial charge >= 0.3 is 0 Å². The maximum Gasteiger partial charge on any atom is 0.238 e. The summed E-state index contributed by atoms with van der Waals surface area (Å²) in [6.07, 6.45) is 4.80. The highest BCUT2D eigenvalue weighted by Gasteiger charge is 2.36. The van der Waals surface area contributed by atoms with Crippen molar-refractivity contribution in [2.75, 3.05) is 19.3 Å². The van der Waals surface area contributed by atoms with Gasteiger partial charge in [0.2, 0.25) is 15.9 Å². The molecule has 6 nitrogen and oxygen atoms in total. The van der Waals surface area contributed by atoms with Crippen LogP contribution in [0, 0.1) is 0 Å². The highest BCUT2D eigenvalue weighted by molar-refractivity contribution is 7.88. The van der Waals surface area contributed by atoms with Crippen LogP contribution in [0.5, 0.6) is 0 Å². The number of sulfonamides is 1. The lowest BCUT2D eigenvalue weighted by Gasteiger charge is -2.21. The van der Waals surface area contributed by atoms with Gasteiger partial charge in [0.25, 0.3) is 0 Å². The van der Waals surface area contributed by atoms with E-state index in [1.54, 1.807) is 6.20 Å². The molecule has 110 valence electrons. The molecule has 1 aromatic heterocycles. The quantitative estimate of drug-likeness (QED) is 0.840. The first-order valence-electron chi connectivity index (χ1n) is 6.63. The van der Waals surface area contributed by atoms with E-state index in [0.717, 1.165) is 18.4 Å². The average molecular weight is 297 g/mol. The number of hydrogen-bond donors (Lipinski definition) is 1. The lowest BCUT2D eigenvalue weighted by Crippen LogP contribution is -2.45. The van der Waals surface area contributed by atoms with Crippen LogP contribution in [-0.4, -0.2) is 49.0 Å². The standard InChI is InChI=1S/C13H19N3O3S/c1-20(18,19)16-10-4-6-12(16)13(17)15-9-7-11-5-2-3-8-14-11/h2-3,5,8,12H,4,6-7,9-10H2,1H3,(H,15,17). The molecule has 1 N–H and O–H groups in total. The van der Waals surface area contributed by atoms with Crippen molar-refractivity contribution in [3.8, 4) is 0 Å². The molecule has 1 amide bonds. The maximum absolute atomic E-state index is 12.1. The molecule has 1 fully saturated rings. The van der Waals surface area contributed by atoms with Gasteiger partial charge in [-0.3, -0.25) is 9.78 Å². The molecule has 1 saturated heterocycles. The maximum atomic E-state index is 12.1. The molecule has 0 bridgehead atoms. The van der Waals surface area contributed by atoms with Crippen LogP contribution < -0.4 is 5.32 Å². The van der Waals surface area contributed by atoms with E-state index in [1.807, 2.05) is 18.2 Å². The van der Waals surface area contributed by atoms with Crippen molar-refractivity contribution < 1.29 is 13.2 Å². The molecule has 0 aromatic carbocycles. The van der Waals surface area contributed by atoms with E-state index in [0.29, 0.717) is 25.9 Å². The molecule has 0 saturated carbocycles. The molecular formula is C13H19N3O3S. The minimum atomic E-state index is -3.31. The van der Waals surface area contributed by atoms with E-state index < -0.39 is 16.1 Å². The summed E-state index contributed by atoms with van der Waals surface area (Å²) in [5.41, 5.74) is 0.902. The highest BCUT2D eigenvalue weighted by atomic mass is 32.2. The fourth-order valence-corrected chi connectivity index (χ4v) is 3.50. The normalized spacial score (nSPS) is 19.9. The first-order chi connectivity index (χ1) is 9.48. The second-order valence-electron chi connectivity index (χ2n) is 4.89. The Balaban J connectivity index is 1.86. The smallest absolute Gasteiger partial charge is 0.238 e. The third-order valence-electron chi connectivity index (χ3n) is 3.34. The number of carbonyl (C=O) groups is 1. The van der Waals surface area contributed by atoms with Crippen molar-refractivity contribution in [3.63, 3.8) is 0 Å². The Kier molecular flexibility index (Phi) is 4.72. The summed E-state index contributed by atoms with van der Waals surface area (Å²) >= 11 is 0. The number of hydrogen-bond acceptors (Lipinski definition) is 4. The van der Waals surface area contributed by atoms with Gasteiger partial charge in [-0.25, -0.2) is 8.42 Å². The SMILES string of the molecule is CS(=O)(=O)N1CCCC1C(=O)NCCc1ccccn1. The fourth-order valence-electron chi connectivity index (χ4n) is 2.38. The van der Waals surface area contributed by atoms with Crippen molar-refractivity contribution >= 4 is 15.9 Å². The molecular weight excluding hydrogens is 278 g/mol. The van der Waals surface area contributed by atoms with Crippen molar-refractivity contribution in [2.24, 2.45) is 0 Å². The van der Waals surface area contributed by atoms with Crippen LogP contribution in [0.3, 0.4) is 0 Å². The van der Waals surface area contributed by atoms with Crippen LogP contribution in [0.4, 0.5) is 0 Å². The summed E-state index contributed by atoms with van der Waals surface area (Å²) in [5.74, 6) is -0.219. The van der Waals surface area contributed by atoms with Gasteiger partial charge in [0.1, 0.15) is 6.04 Å². The Hall–Kier alpha value is -1.47. The second-order valence-corrected chi connectivity index (χ2v) is 6.83. The minimum absolute atomic E-state index is 0.219. The number of aromatic nitrogens is 1. The van der Waals surface area contributed by atoms with Gasteiger partial charge in [-0.15, -0.1) is 0 Å². The van der Waals surface area contributed by atoms with Gasteiger partial charge in [-0.05, 0) is 25.0 Å². The van der Waals surface area contributed by atoms with Gasteiger partial charge in [-0.2, -0.15) is 4.31 Å². The molecule has 1 aliphatic heterocycles. The first kappa shape index (κ1) is 14.9. The molecule has 1 aromatic rings. The average Bonchev–Trinajstić information content (AvgIpc) is 2.89. The van der Waals surface area contributed by atoms with E-state index in [1.165, 1.54) is 4.31 Å². The van der Waals surface area contributed by atoms with Crippen LogP contribution in [0.25, 0.3) is 0 Å². The summed E-state index contributed by atoms with van der Waals surface area (Å²) in [5, 5.41) is 2.79. The summed E-state index contributed by atoms with van der Waals surface area (Å²) in [4.78, 5) is 16.2. The number of nitrogens with zero attached hydrogens (tertiary/aromatic N) is 2. The molecule has 7 heteroatoms. The van der Waals surface area contributed by atoms with Crippen LogP contribution in [0.15, 0.2) is 24.4 Å². The topological polar surface area (TPSA) is 79.4 Å². The largest absolute Gasteiger partial charge is 0.354 e. The fraction of sp³-hybridized carbons (Fsp3) is 0.538. The molecule has 0 aliphatic carbocycles. The minimum Gasteiger partial charge on any atom is -0.354 e. The number of carbonyl (C=O) groups excluding carboxylic acids is 1. The molecule has 20 heavy (non-hydrogen) atoms. The third kappa shape index (κ3) is 3.77. The predicted molar refractivity (Wildman–Crippen MR) is 75.5 cm³/mol. The van der Waals surface area contributed by atoms with Crippen molar-refractivity contribution in [1.29, 1.82) is 0 Å². The Morgan fingerprint density at radius 1 is 1.50 bits per heavy atom. The summed E-state index contributed by atoms with van der Waals surface area (Å²) < 4.78 is 24.4. The lowest BCUT2D eigenvalue weighted by atomic mass is 10.2. The summed E-state index contributed by atoms with van der Waals surface area (Å²) in [6, 6.07) is 5.07. The molecule has 1 aliphatic rings. The van der Waals surface area contributed by atoms with Gasteiger partial charge in [0.15, 0.2) is 0 Å². The van der Waals surface area contributed by atoms with Crippen LogP contribution in [0.1, 0.15) is 18.5 Å². The van der Waals surface area contributed by atoms with Gasteiger partial charge in [-0.1, -0.05) is 6.07 Å². The first-order valence-corrected chi connectivity index (χ1v) is 8.48. The van der Waals surface area contributed by atoms with Crippen LogP contribution in [-0.2, 0) is 21.2 Å². The van der Waals surface area contributed by atoms with E-state index >= 15 is 0 Å². The van der Waals surface area contributed by atoms with Crippen molar-refractivity contribution in [1.82, 2.24) is 14.6 Å². The zero-order chi connectivity index (χ0) is 14.6. The molecule has 1 atom stereocenters. The third-order valence-corrected chi connectivity index (χ3v) is 4.63. The van der Waals surface area contributed by atoms with Crippen LogP contribution >= 0.6 is 0 Å².